The maximum Gasteiger partial charge on any atom is 0.492 e. The molecule has 10 heteroatoms. The Bertz CT molecular complexity index is 1310. The third-order valence-corrected chi connectivity index (χ3v) is 8.79. The number of aryl methyl sites for hydroxylation is 2. The van der Waals surface area contributed by atoms with E-state index in [1.54, 1.807) is 0 Å². The minimum Gasteiger partial charge on any atom is -0.388 e. The molecule has 1 saturated heterocycles. The standard InChI is InChI=1S/C27H35F3N4O2S/c1-7-32(8-2)20-13-18(5)24-22(15-20)37(36-26(35)27(28,29)30)23-16-21(14-19(6)25(23)31-24)34-11-9-33(10-12-34)17(3)4/h13-17H,7-12H2,1-6H3. The highest BCUT2D eigenvalue weighted by atomic mass is 32.2. The molecule has 0 aliphatic carbocycles. The van der Waals surface area contributed by atoms with Crippen molar-refractivity contribution in [3.05, 3.63) is 45.3 Å². The minimum atomic E-state index is -5.09. The molecule has 0 amide bonds. The van der Waals surface area contributed by atoms with Crippen molar-refractivity contribution in [2.75, 3.05) is 49.1 Å². The van der Waals surface area contributed by atoms with Gasteiger partial charge in [-0.05, 0) is 76.9 Å². The van der Waals surface area contributed by atoms with Gasteiger partial charge < -0.3 is 14.0 Å². The first kappa shape index (κ1) is 27.4. The van der Waals surface area contributed by atoms with Gasteiger partial charge in [0.25, 0.3) is 0 Å². The van der Waals surface area contributed by atoms with Crippen LogP contribution in [0.4, 0.5) is 30.2 Å². The first-order valence-corrected chi connectivity index (χ1v) is 13.9. The lowest BCUT2D eigenvalue weighted by atomic mass is 10.1. The van der Waals surface area contributed by atoms with Crippen molar-refractivity contribution in [3.63, 3.8) is 0 Å². The zero-order valence-corrected chi connectivity index (χ0v) is 23.1. The molecule has 2 heterocycles. The van der Waals surface area contributed by atoms with E-state index in [0.717, 1.165) is 61.8 Å². The second-order valence-corrected chi connectivity index (χ2v) is 11.3. The van der Waals surface area contributed by atoms with Gasteiger partial charge in [0.2, 0.25) is 0 Å². The number of carbonyl (C=O) groups is 1. The molecule has 2 aliphatic heterocycles. The number of hydrogen-bond acceptors (Lipinski definition) is 6. The highest BCUT2D eigenvalue weighted by Crippen LogP contribution is 2.45. The summed E-state index contributed by atoms with van der Waals surface area (Å²) in [7, 11) is -1.58. The molecule has 4 rings (SSSR count). The van der Waals surface area contributed by atoms with Crippen LogP contribution in [0.15, 0.2) is 34.2 Å². The molecule has 1 unspecified atom stereocenters. The van der Waals surface area contributed by atoms with Crippen LogP contribution >= 0.6 is 10.8 Å². The molecule has 2 aromatic carbocycles. The molecule has 37 heavy (non-hydrogen) atoms. The molecule has 0 radical (unpaired) electrons. The first-order valence-electron chi connectivity index (χ1n) is 12.7. The minimum absolute atomic E-state index is 0.457. The van der Waals surface area contributed by atoms with E-state index in [1.165, 1.54) is 0 Å². The smallest absolute Gasteiger partial charge is 0.388 e. The highest BCUT2D eigenvalue weighted by molar-refractivity contribution is 8.05. The number of nitrogens with zero attached hydrogens (tertiary/aromatic N) is 4. The number of alkyl halides is 3. The summed E-state index contributed by atoms with van der Waals surface area (Å²) in [5.41, 5.74) is 4.04. The maximum absolute atomic E-state index is 13.4. The van der Waals surface area contributed by atoms with Crippen molar-refractivity contribution in [1.29, 1.82) is 0 Å². The zero-order valence-electron chi connectivity index (χ0n) is 22.3. The number of piperazine rings is 1. The van der Waals surface area contributed by atoms with E-state index in [2.05, 4.69) is 28.5 Å². The lowest BCUT2D eigenvalue weighted by Gasteiger charge is -2.38. The Morgan fingerprint density at radius 2 is 1.70 bits per heavy atom. The van der Waals surface area contributed by atoms with Gasteiger partial charge in [-0.1, -0.05) is 0 Å². The fraction of sp³-hybridized carbons (Fsp3) is 0.519. The molecule has 1 atom stereocenters. The van der Waals surface area contributed by atoms with Crippen LogP contribution in [0, 0.1) is 18.4 Å². The normalized spacial score (nSPS) is 17.8. The van der Waals surface area contributed by atoms with Crippen molar-refractivity contribution >= 4 is 33.8 Å². The summed E-state index contributed by atoms with van der Waals surface area (Å²) in [6, 6.07) is 8.18. The van der Waals surface area contributed by atoms with Gasteiger partial charge in [-0.2, -0.15) is 13.2 Å². The molecule has 0 spiro atoms. The van der Waals surface area contributed by atoms with Crippen molar-refractivity contribution in [2.45, 2.75) is 58.7 Å². The van der Waals surface area contributed by atoms with E-state index in [4.69, 9.17) is 9.18 Å². The molecule has 2 aromatic rings. The summed E-state index contributed by atoms with van der Waals surface area (Å²) in [6.07, 6.45) is -5.09. The number of fused-ring (bicyclic) bond motifs is 2. The predicted molar refractivity (Wildman–Crippen MR) is 142 cm³/mol. The number of anilines is 2. The maximum atomic E-state index is 13.4. The van der Waals surface area contributed by atoms with Gasteiger partial charge in [0.05, 0.1) is 20.5 Å². The Morgan fingerprint density at radius 1 is 1.05 bits per heavy atom. The zero-order chi connectivity index (χ0) is 27.1. The van der Waals surface area contributed by atoms with Gasteiger partial charge in [-0.15, -0.1) is 0 Å². The van der Waals surface area contributed by atoms with E-state index >= 15 is 0 Å². The van der Waals surface area contributed by atoms with Crippen molar-refractivity contribution in [3.8, 4) is 0 Å². The predicted octanol–water partition coefficient (Wildman–Crippen LogP) is 5.54. The molecule has 2 aliphatic rings. The number of carbonyl (C=O) groups excluding carboxylic acids is 1. The molecule has 1 fully saturated rings. The Hall–Kier alpha value is -2.59. The lowest BCUT2D eigenvalue weighted by Crippen LogP contribution is -2.49. The van der Waals surface area contributed by atoms with Gasteiger partial charge in [-0.25, -0.2) is 9.79 Å². The summed E-state index contributed by atoms with van der Waals surface area (Å²) < 4.78 is 46.0. The average Bonchev–Trinajstić information content (AvgIpc) is 2.84. The summed E-state index contributed by atoms with van der Waals surface area (Å²) in [5.74, 6) is -2.19. The fourth-order valence-corrected chi connectivity index (χ4v) is 6.80. The Labute approximate surface area is 218 Å². The van der Waals surface area contributed by atoms with Crippen LogP contribution in [-0.2, 0) is 8.98 Å². The lowest BCUT2D eigenvalue weighted by molar-refractivity contribution is -0.188. The van der Waals surface area contributed by atoms with Crippen molar-refractivity contribution < 1.29 is 22.1 Å². The molecule has 0 aromatic heterocycles. The van der Waals surface area contributed by atoms with Gasteiger partial charge in [0.15, 0.2) is 0 Å². The summed E-state index contributed by atoms with van der Waals surface area (Å²) in [6.45, 7) is 17.1. The molecule has 0 saturated carbocycles. The molecular weight excluding hydrogens is 501 g/mol. The molecule has 6 nitrogen and oxygen atoms in total. The molecular formula is C27H35F3N4O2S. The van der Waals surface area contributed by atoms with Crippen LogP contribution in [0.2, 0.25) is 0 Å². The van der Waals surface area contributed by atoms with Gasteiger partial charge in [-0.3, -0.25) is 4.90 Å². The van der Waals surface area contributed by atoms with Gasteiger partial charge >= 0.3 is 12.1 Å². The third kappa shape index (κ3) is 5.50. The quantitative estimate of drug-likeness (QED) is 0.454. The Kier molecular flexibility index (Phi) is 7.90. The second kappa shape index (κ2) is 10.6. The van der Waals surface area contributed by atoms with E-state index < -0.39 is 22.9 Å². The monoisotopic (exact) mass is 536 g/mol. The average molecular weight is 537 g/mol. The van der Waals surface area contributed by atoms with Crippen molar-refractivity contribution in [2.24, 2.45) is 4.99 Å². The van der Waals surface area contributed by atoms with Crippen LogP contribution in [0.25, 0.3) is 0 Å². The summed E-state index contributed by atoms with van der Waals surface area (Å²) >= 11 is 0. The number of hydrogen-bond donors (Lipinski definition) is 0. The van der Waals surface area contributed by atoms with Gasteiger partial charge in [0.1, 0.15) is 0 Å². The Morgan fingerprint density at radius 3 is 2.27 bits per heavy atom. The van der Waals surface area contributed by atoms with Crippen LogP contribution < -0.4 is 15.2 Å². The van der Waals surface area contributed by atoms with Crippen LogP contribution in [0.1, 0.15) is 38.8 Å². The molecule has 0 bridgehead atoms. The van der Waals surface area contributed by atoms with Crippen LogP contribution in [0.3, 0.4) is 0 Å². The molecule has 202 valence electrons. The second-order valence-electron chi connectivity index (χ2n) is 9.76. The fourth-order valence-electron chi connectivity index (χ4n) is 4.92. The number of rotatable bonds is 6. The van der Waals surface area contributed by atoms with E-state index in [9.17, 15) is 18.0 Å². The SMILES string of the molecule is CCN(CC)c1cc(C)c2c(c1)S(OC(=O)C(F)(F)F)=c1cc(N3CCN(C(C)C)CC3)cc(C)c1=N2. The van der Waals surface area contributed by atoms with Crippen LogP contribution in [-0.4, -0.2) is 62.4 Å². The summed E-state index contributed by atoms with van der Waals surface area (Å²) in [5, 5.41) is 0.578. The summed E-state index contributed by atoms with van der Waals surface area (Å²) in [4.78, 5) is 24.3. The number of benzene rings is 2. The topological polar surface area (TPSA) is 48.4 Å². The number of halogens is 3. The molecule has 0 N–H and O–H groups in total. The third-order valence-electron chi connectivity index (χ3n) is 7.05. The van der Waals surface area contributed by atoms with Crippen molar-refractivity contribution in [1.82, 2.24) is 4.90 Å². The van der Waals surface area contributed by atoms with Gasteiger partial charge in [0, 0.05) is 67.5 Å². The largest absolute Gasteiger partial charge is 0.492 e. The highest BCUT2D eigenvalue weighted by Gasteiger charge is 2.42. The Balaban J connectivity index is 1.91. The van der Waals surface area contributed by atoms with Crippen LogP contribution in [0.5, 0.6) is 0 Å². The van der Waals surface area contributed by atoms with E-state index in [1.807, 2.05) is 52.0 Å². The first-order chi connectivity index (χ1) is 17.4. The van der Waals surface area contributed by atoms with E-state index in [0.29, 0.717) is 26.5 Å². The van der Waals surface area contributed by atoms with E-state index in [-0.39, 0.29) is 0 Å².